The van der Waals surface area contributed by atoms with Crippen LogP contribution in [0.15, 0.2) is 11.8 Å². The Bertz CT molecular complexity index is 244. The van der Waals surface area contributed by atoms with Gasteiger partial charge in [-0.15, -0.1) is 0 Å². The van der Waals surface area contributed by atoms with Crippen molar-refractivity contribution in [2.75, 3.05) is 13.2 Å². The largest absolute Gasteiger partial charge is 0.402 e. The van der Waals surface area contributed by atoms with Gasteiger partial charge in [-0.2, -0.15) is 0 Å². The first-order chi connectivity index (χ1) is 7.18. The van der Waals surface area contributed by atoms with Crippen molar-refractivity contribution in [3.05, 3.63) is 11.8 Å². The first kappa shape index (κ1) is 11.0. The number of ether oxygens (including phenoxy) is 1. The second-order valence-corrected chi connectivity index (χ2v) is 5.07. The second kappa shape index (κ2) is 4.54. The van der Waals surface area contributed by atoms with E-state index in [9.17, 15) is 0 Å². The van der Waals surface area contributed by atoms with E-state index in [4.69, 9.17) is 16.2 Å². The predicted molar refractivity (Wildman–Crippen MR) is 61.2 cm³/mol. The summed E-state index contributed by atoms with van der Waals surface area (Å²) in [4.78, 5) is 0. The lowest BCUT2D eigenvalue weighted by Gasteiger charge is -2.36. The highest BCUT2D eigenvalue weighted by atomic mass is 16.5. The molecule has 0 amide bonds. The summed E-state index contributed by atoms with van der Waals surface area (Å²) >= 11 is 0. The third kappa shape index (κ3) is 2.95. The number of nitrogens with two attached hydrogens (primary N) is 2. The normalized spacial score (nSPS) is 31.0. The van der Waals surface area contributed by atoms with Gasteiger partial charge in [-0.1, -0.05) is 6.08 Å². The molecular formula is C12H22N2O. The lowest BCUT2D eigenvalue weighted by atomic mass is 9.78. The SMILES string of the molecule is NC1=CC(CC2(N)CCOCC2)CCC1. The summed E-state index contributed by atoms with van der Waals surface area (Å²) in [7, 11) is 0. The summed E-state index contributed by atoms with van der Waals surface area (Å²) in [6, 6.07) is 0. The number of hydrogen-bond donors (Lipinski definition) is 2. The molecule has 1 heterocycles. The molecule has 1 aliphatic heterocycles. The molecular weight excluding hydrogens is 188 g/mol. The van der Waals surface area contributed by atoms with Gasteiger partial charge in [-0.3, -0.25) is 0 Å². The molecule has 0 aromatic rings. The van der Waals surface area contributed by atoms with Crippen LogP contribution in [0.1, 0.15) is 38.5 Å². The highest BCUT2D eigenvalue weighted by molar-refractivity contribution is 5.06. The molecule has 1 saturated heterocycles. The van der Waals surface area contributed by atoms with Gasteiger partial charge in [0, 0.05) is 24.4 Å². The molecule has 0 aromatic carbocycles. The van der Waals surface area contributed by atoms with E-state index in [1.54, 1.807) is 0 Å². The summed E-state index contributed by atoms with van der Waals surface area (Å²) in [5.74, 6) is 0.599. The van der Waals surface area contributed by atoms with Crippen LogP contribution in [0.2, 0.25) is 0 Å². The Morgan fingerprint density at radius 1 is 1.40 bits per heavy atom. The van der Waals surface area contributed by atoms with E-state index in [2.05, 4.69) is 6.08 Å². The topological polar surface area (TPSA) is 61.3 Å². The molecule has 86 valence electrons. The van der Waals surface area contributed by atoms with Crippen molar-refractivity contribution >= 4 is 0 Å². The average Bonchev–Trinajstić information content (AvgIpc) is 2.18. The zero-order valence-electron chi connectivity index (χ0n) is 9.37. The fourth-order valence-corrected chi connectivity index (χ4v) is 2.70. The van der Waals surface area contributed by atoms with E-state index in [1.807, 2.05) is 0 Å². The first-order valence-corrected chi connectivity index (χ1v) is 6.01. The summed E-state index contributed by atoms with van der Waals surface area (Å²) in [6.45, 7) is 1.64. The summed E-state index contributed by atoms with van der Waals surface area (Å²) in [5, 5.41) is 0. The quantitative estimate of drug-likeness (QED) is 0.726. The van der Waals surface area contributed by atoms with Gasteiger partial charge in [0.2, 0.25) is 0 Å². The molecule has 2 aliphatic rings. The van der Waals surface area contributed by atoms with Crippen LogP contribution >= 0.6 is 0 Å². The average molecular weight is 210 g/mol. The van der Waals surface area contributed by atoms with Crippen LogP contribution in [0, 0.1) is 5.92 Å². The van der Waals surface area contributed by atoms with Crippen molar-refractivity contribution in [3.8, 4) is 0 Å². The Kier molecular flexibility index (Phi) is 3.32. The Morgan fingerprint density at radius 3 is 2.80 bits per heavy atom. The fraction of sp³-hybridized carbons (Fsp3) is 0.833. The fourth-order valence-electron chi connectivity index (χ4n) is 2.70. The van der Waals surface area contributed by atoms with Gasteiger partial charge in [-0.25, -0.2) is 0 Å². The van der Waals surface area contributed by atoms with Crippen LogP contribution in [-0.2, 0) is 4.74 Å². The molecule has 1 atom stereocenters. The number of hydrogen-bond acceptors (Lipinski definition) is 3. The van der Waals surface area contributed by atoms with E-state index < -0.39 is 0 Å². The zero-order valence-corrected chi connectivity index (χ0v) is 9.37. The molecule has 0 saturated carbocycles. The number of rotatable bonds is 2. The molecule has 1 aliphatic carbocycles. The van der Waals surface area contributed by atoms with Crippen molar-refractivity contribution in [2.24, 2.45) is 17.4 Å². The lowest BCUT2D eigenvalue weighted by Crippen LogP contribution is -2.46. The van der Waals surface area contributed by atoms with Crippen LogP contribution in [-0.4, -0.2) is 18.8 Å². The molecule has 0 bridgehead atoms. The third-order valence-corrected chi connectivity index (χ3v) is 3.65. The highest BCUT2D eigenvalue weighted by Crippen LogP contribution is 2.31. The maximum atomic E-state index is 6.39. The van der Waals surface area contributed by atoms with Gasteiger partial charge < -0.3 is 16.2 Å². The smallest absolute Gasteiger partial charge is 0.0483 e. The van der Waals surface area contributed by atoms with Gasteiger partial charge in [-0.05, 0) is 44.4 Å². The van der Waals surface area contributed by atoms with E-state index in [0.29, 0.717) is 5.92 Å². The van der Waals surface area contributed by atoms with Gasteiger partial charge in [0.05, 0.1) is 0 Å². The van der Waals surface area contributed by atoms with Crippen LogP contribution in [0.5, 0.6) is 0 Å². The Labute approximate surface area is 91.8 Å². The van der Waals surface area contributed by atoms with E-state index in [1.165, 1.54) is 12.8 Å². The summed E-state index contributed by atoms with van der Waals surface area (Å²) in [5.41, 5.74) is 13.3. The minimum Gasteiger partial charge on any atom is -0.402 e. The van der Waals surface area contributed by atoms with E-state index in [0.717, 1.165) is 44.6 Å². The van der Waals surface area contributed by atoms with Crippen molar-refractivity contribution in [1.29, 1.82) is 0 Å². The monoisotopic (exact) mass is 210 g/mol. The minimum atomic E-state index is -0.00294. The molecule has 1 fully saturated rings. The number of allylic oxidation sites excluding steroid dienone is 2. The Balaban J connectivity index is 1.92. The van der Waals surface area contributed by atoms with Crippen molar-refractivity contribution < 1.29 is 4.74 Å². The van der Waals surface area contributed by atoms with Crippen LogP contribution in [0.4, 0.5) is 0 Å². The standard InChI is InChI=1S/C12H22N2O/c13-11-3-1-2-10(8-11)9-12(14)4-6-15-7-5-12/h8,10H,1-7,9,13-14H2. The van der Waals surface area contributed by atoms with Crippen LogP contribution in [0.25, 0.3) is 0 Å². The van der Waals surface area contributed by atoms with Crippen LogP contribution < -0.4 is 11.5 Å². The third-order valence-electron chi connectivity index (χ3n) is 3.65. The van der Waals surface area contributed by atoms with Crippen molar-refractivity contribution in [2.45, 2.75) is 44.1 Å². The predicted octanol–water partition coefficient (Wildman–Crippen LogP) is 1.53. The van der Waals surface area contributed by atoms with Gasteiger partial charge >= 0.3 is 0 Å². The zero-order chi connectivity index (χ0) is 10.7. The van der Waals surface area contributed by atoms with E-state index in [-0.39, 0.29) is 5.54 Å². The second-order valence-electron chi connectivity index (χ2n) is 5.07. The molecule has 0 radical (unpaired) electrons. The minimum absolute atomic E-state index is 0.00294. The maximum Gasteiger partial charge on any atom is 0.0483 e. The van der Waals surface area contributed by atoms with Crippen LogP contribution in [0.3, 0.4) is 0 Å². The molecule has 15 heavy (non-hydrogen) atoms. The highest BCUT2D eigenvalue weighted by Gasteiger charge is 2.30. The first-order valence-electron chi connectivity index (χ1n) is 6.01. The van der Waals surface area contributed by atoms with Crippen molar-refractivity contribution in [1.82, 2.24) is 0 Å². The molecule has 3 nitrogen and oxygen atoms in total. The Hall–Kier alpha value is -0.540. The van der Waals surface area contributed by atoms with Gasteiger partial charge in [0.15, 0.2) is 0 Å². The van der Waals surface area contributed by atoms with Gasteiger partial charge in [0.25, 0.3) is 0 Å². The van der Waals surface area contributed by atoms with E-state index >= 15 is 0 Å². The summed E-state index contributed by atoms with van der Waals surface area (Å²) < 4.78 is 5.36. The maximum absolute atomic E-state index is 6.39. The van der Waals surface area contributed by atoms with Gasteiger partial charge in [0.1, 0.15) is 0 Å². The van der Waals surface area contributed by atoms with Crippen molar-refractivity contribution in [3.63, 3.8) is 0 Å². The molecule has 0 spiro atoms. The molecule has 0 aromatic heterocycles. The lowest BCUT2D eigenvalue weighted by molar-refractivity contribution is 0.0456. The molecule has 2 rings (SSSR count). The molecule has 1 unspecified atom stereocenters. The molecule has 3 heteroatoms. The Morgan fingerprint density at radius 2 is 2.13 bits per heavy atom. The molecule has 4 N–H and O–H groups in total. The summed E-state index contributed by atoms with van der Waals surface area (Å²) in [6.07, 6.45) is 8.84.